The third kappa shape index (κ3) is 2.90. The largest absolute Gasteiger partial charge is 0.352 e. The molecule has 0 unspecified atom stereocenters. The van der Waals surface area contributed by atoms with Gasteiger partial charge in [0.25, 0.3) is 0 Å². The Morgan fingerprint density at radius 1 is 1.35 bits per heavy atom. The normalized spacial score (nSPS) is 15.2. The van der Waals surface area contributed by atoms with E-state index in [2.05, 4.69) is 11.9 Å². The highest BCUT2D eigenvalue weighted by Crippen LogP contribution is 2.47. The molecular formula is C16H20N2O2. The lowest BCUT2D eigenvalue weighted by Crippen LogP contribution is -2.43. The summed E-state index contributed by atoms with van der Waals surface area (Å²) in [6.45, 7) is 4.48. The molecule has 1 aromatic carbocycles. The summed E-state index contributed by atoms with van der Waals surface area (Å²) in [4.78, 5) is 26.2. The van der Waals surface area contributed by atoms with Gasteiger partial charge in [-0.15, -0.1) is 6.58 Å². The number of amides is 2. The van der Waals surface area contributed by atoms with Crippen molar-refractivity contribution in [2.75, 3.05) is 13.6 Å². The molecule has 2 rings (SSSR count). The lowest BCUT2D eigenvalue weighted by Gasteiger charge is -2.23. The molecule has 4 heteroatoms. The molecule has 0 heterocycles. The van der Waals surface area contributed by atoms with Gasteiger partial charge in [-0.2, -0.15) is 0 Å². The minimum atomic E-state index is -0.841. The number of nitrogens with zero attached hydrogens (tertiary/aromatic N) is 1. The molecular weight excluding hydrogens is 252 g/mol. The van der Waals surface area contributed by atoms with Crippen molar-refractivity contribution in [2.45, 2.75) is 19.4 Å². The molecule has 0 aromatic heterocycles. The number of hydrogen-bond acceptors (Lipinski definition) is 2. The Labute approximate surface area is 119 Å². The standard InChI is InChI=1S/C16H20N2O2/c1-3-11-17-14(19)16(9-10-16)15(20)18(2)12-13-7-5-4-6-8-13/h3-8H,1,9-12H2,2H3,(H,17,19). The maximum absolute atomic E-state index is 12.5. The van der Waals surface area contributed by atoms with Gasteiger partial charge in [-0.05, 0) is 18.4 Å². The van der Waals surface area contributed by atoms with Crippen molar-refractivity contribution in [2.24, 2.45) is 5.41 Å². The summed E-state index contributed by atoms with van der Waals surface area (Å²) in [5.74, 6) is -0.273. The van der Waals surface area contributed by atoms with Gasteiger partial charge in [0.05, 0.1) is 0 Å². The summed E-state index contributed by atoms with van der Waals surface area (Å²) in [7, 11) is 1.75. The second-order valence-corrected chi connectivity index (χ2v) is 5.23. The van der Waals surface area contributed by atoms with E-state index in [1.807, 2.05) is 30.3 Å². The monoisotopic (exact) mass is 272 g/mol. The smallest absolute Gasteiger partial charge is 0.238 e. The Bertz CT molecular complexity index is 506. The van der Waals surface area contributed by atoms with Gasteiger partial charge in [-0.25, -0.2) is 0 Å². The third-order valence-electron chi connectivity index (χ3n) is 3.61. The van der Waals surface area contributed by atoms with Crippen LogP contribution < -0.4 is 5.32 Å². The van der Waals surface area contributed by atoms with Crippen LogP contribution in [0.15, 0.2) is 43.0 Å². The van der Waals surface area contributed by atoms with Crippen LogP contribution in [-0.2, 0) is 16.1 Å². The second kappa shape index (κ2) is 5.90. The Kier molecular flexibility index (Phi) is 4.23. The molecule has 1 N–H and O–H groups in total. The maximum atomic E-state index is 12.5. The van der Waals surface area contributed by atoms with Crippen molar-refractivity contribution in [3.63, 3.8) is 0 Å². The van der Waals surface area contributed by atoms with Crippen LogP contribution in [0.1, 0.15) is 18.4 Å². The third-order valence-corrected chi connectivity index (χ3v) is 3.61. The molecule has 0 saturated heterocycles. The molecule has 0 spiro atoms. The molecule has 106 valence electrons. The molecule has 20 heavy (non-hydrogen) atoms. The van der Waals surface area contributed by atoms with Crippen molar-refractivity contribution < 1.29 is 9.59 Å². The van der Waals surface area contributed by atoms with Crippen molar-refractivity contribution >= 4 is 11.8 Å². The quantitative estimate of drug-likeness (QED) is 0.633. The maximum Gasteiger partial charge on any atom is 0.238 e. The highest BCUT2D eigenvalue weighted by Gasteiger charge is 2.57. The van der Waals surface area contributed by atoms with Crippen LogP contribution in [0.25, 0.3) is 0 Å². The van der Waals surface area contributed by atoms with Crippen molar-refractivity contribution in [3.05, 3.63) is 48.6 Å². The molecule has 1 fully saturated rings. The summed E-state index contributed by atoms with van der Waals surface area (Å²) >= 11 is 0. The summed E-state index contributed by atoms with van der Waals surface area (Å²) in [6.07, 6.45) is 2.88. The van der Waals surface area contributed by atoms with E-state index in [0.29, 0.717) is 25.9 Å². The molecule has 4 nitrogen and oxygen atoms in total. The average Bonchev–Trinajstić information content (AvgIpc) is 3.26. The average molecular weight is 272 g/mol. The van der Waals surface area contributed by atoms with E-state index in [9.17, 15) is 9.59 Å². The second-order valence-electron chi connectivity index (χ2n) is 5.23. The molecule has 0 atom stereocenters. The first kappa shape index (κ1) is 14.3. The van der Waals surface area contributed by atoms with Crippen LogP contribution in [0.2, 0.25) is 0 Å². The van der Waals surface area contributed by atoms with Gasteiger partial charge < -0.3 is 10.2 Å². The van der Waals surface area contributed by atoms with E-state index in [0.717, 1.165) is 5.56 Å². The minimum absolute atomic E-state index is 0.0945. The first-order valence-electron chi connectivity index (χ1n) is 6.79. The van der Waals surface area contributed by atoms with Crippen LogP contribution in [0.5, 0.6) is 0 Å². The number of nitrogens with one attached hydrogen (secondary N) is 1. The minimum Gasteiger partial charge on any atom is -0.352 e. The molecule has 0 aliphatic heterocycles. The Balaban J connectivity index is 1.99. The van der Waals surface area contributed by atoms with Gasteiger partial charge in [0.1, 0.15) is 5.41 Å². The molecule has 1 aliphatic rings. The van der Waals surface area contributed by atoms with Gasteiger partial charge in [0.2, 0.25) is 11.8 Å². The van der Waals surface area contributed by atoms with Crippen LogP contribution >= 0.6 is 0 Å². The van der Waals surface area contributed by atoms with Gasteiger partial charge >= 0.3 is 0 Å². The molecule has 1 aromatic rings. The topological polar surface area (TPSA) is 49.4 Å². The summed E-state index contributed by atoms with van der Waals surface area (Å²) in [5.41, 5.74) is 0.220. The first-order chi connectivity index (χ1) is 9.60. The van der Waals surface area contributed by atoms with Crippen molar-refractivity contribution in [1.82, 2.24) is 10.2 Å². The Hall–Kier alpha value is -2.10. The van der Waals surface area contributed by atoms with Crippen LogP contribution in [0, 0.1) is 5.41 Å². The van der Waals surface area contributed by atoms with Gasteiger partial charge in [-0.3, -0.25) is 9.59 Å². The predicted molar refractivity (Wildman–Crippen MR) is 77.8 cm³/mol. The summed E-state index contributed by atoms with van der Waals surface area (Å²) in [5, 5.41) is 2.73. The highest BCUT2D eigenvalue weighted by atomic mass is 16.2. The molecule has 2 amide bonds. The van der Waals surface area contributed by atoms with E-state index < -0.39 is 5.41 Å². The van der Waals surface area contributed by atoms with Gasteiger partial charge in [0, 0.05) is 20.1 Å². The van der Waals surface area contributed by atoms with E-state index in [1.54, 1.807) is 18.0 Å². The Morgan fingerprint density at radius 2 is 2.00 bits per heavy atom. The van der Waals surface area contributed by atoms with Crippen LogP contribution in [0.4, 0.5) is 0 Å². The number of carbonyl (C=O) groups is 2. The van der Waals surface area contributed by atoms with E-state index in [1.165, 1.54) is 0 Å². The fourth-order valence-corrected chi connectivity index (χ4v) is 2.29. The lowest BCUT2D eigenvalue weighted by atomic mass is 10.0. The molecule has 1 aliphatic carbocycles. The van der Waals surface area contributed by atoms with Crippen LogP contribution in [0.3, 0.4) is 0 Å². The molecule has 0 bridgehead atoms. The summed E-state index contributed by atoms with van der Waals surface area (Å²) < 4.78 is 0. The SMILES string of the molecule is C=CCNC(=O)C1(C(=O)N(C)Cc2ccccc2)CC1. The zero-order valence-corrected chi connectivity index (χ0v) is 11.8. The zero-order chi connectivity index (χ0) is 14.6. The lowest BCUT2D eigenvalue weighted by molar-refractivity contribution is -0.143. The van der Waals surface area contributed by atoms with Crippen molar-refractivity contribution in [3.8, 4) is 0 Å². The molecule has 1 saturated carbocycles. The van der Waals surface area contributed by atoms with Crippen molar-refractivity contribution in [1.29, 1.82) is 0 Å². The van der Waals surface area contributed by atoms with Gasteiger partial charge in [-0.1, -0.05) is 36.4 Å². The molecule has 0 radical (unpaired) electrons. The van der Waals surface area contributed by atoms with E-state index in [-0.39, 0.29) is 11.8 Å². The fraction of sp³-hybridized carbons (Fsp3) is 0.375. The number of rotatable bonds is 6. The van der Waals surface area contributed by atoms with Crippen LogP contribution in [-0.4, -0.2) is 30.3 Å². The Morgan fingerprint density at radius 3 is 2.55 bits per heavy atom. The highest BCUT2D eigenvalue weighted by molar-refractivity contribution is 6.07. The summed E-state index contributed by atoms with van der Waals surface area (Å²) in [6, 6.07) is 9.77. The zero-order valence-electron chi connectivity index (χ0n) is 11.8. The van der Waals surface area contributed by atoms with Gasteiger partial charge in [0.15, 0.2) is 0 Å². The number of benzene rings is 1. The van der Waals surface area contributed by atoms with E-state index >= 15 is 0 Å². The fourth-order valence-electron chi connectivity index (χ4n) is 2.29. The first-order valence-corrected chi connectivity index (χ1v) is 6.79. The predicted octanol–water partition coefficient (Wildman–Crippen LogP) is 1.73. The number of carbonyl (C=O) groups excluding carboxylic acids is 2. The number of hydrogen-bond donors (Lipinski definition) is 1. The van der Waals surface area contributed by atoms with E-state index in [4.69, 9.17) is 0 Å².